The summed E-state index contributed by atoms with van der Waals surface area (Å²) in [6.07, 6.45) is 3.64. The van der Waals surface area contributed by atoms with Gasteiger partial charge in [0.1, 0.15) is 0 Å². The lowest BCUT2D eigenvalue weighted by Crippen LogP contribution is -2.21. The van der Waals surface area contributed by atoms with E-state index in [9.17, 15) is 4.79 Å². The fraction of sp³-hybridized carbons (Fsp3) is 0.158. The molecule has 4 rings (SSSR count). The highest BCUT2D eigenvalue weighted by molar-refractivity contribution is 8.00. The lowest BCUT2D eigenvalue weighted by Gasteiger charge is -2.12. The molecule has 0 radical (unpaired) electrons. The molecular weight excluding hydrogens is 318 g/mol. The Balaban J connectivity index is 1.82. The van der Waals surface area contributed by atoms with Gasteiger partial charge >= 0.3 is 0 Å². The Bertz CT molecular complexity index is 994. The third-order valence-electron chi connectivity index (χ3n) is 4.21. The molecule has 2 heterocycles. The number of rotatable bonds is 3. The van der Waals surface area contributed by atoms with Crippen LogP contribution in [0.1, 0.15) is 11.7 Å². The molecule has 0 bridgehead atoms. The summed E-state index contributed by atoms with van der Waals surface area (Å²) in [6, 6.07) is 16.1. The fourth-order valence-corrected chi connectivity index (χ4v) is 3.89. The minimum atomic E-state index is -0.231. The Morgan fingerprint density at radius 2 is 1.62 bits per heavy atom. The molecule has 0 fully saturated rings. The van der Waals surface area contributed by atoms with Gasteiger partial charge in [-0.3, -0.25) is 9.36 Å². The maximum absolute atomic E-state index is 13.2. The Morgan fingerprint density at radius 1 is 1.04 bits per heavy atom. The molecule has 0 amide bonds. The van der Waals surface area contributed by atoms with Crippen LogP contribution >= 0.6 is 11.8 Å². The molecule has 1 atom stereocenters. The van der Waals surface area contributed by atoms with Crippen LogP contribution in [0.25, 0.3) is 21.8 Å². The van der Waals surface area contributed by atoms with Gasteiger partial charge in [0.2, 0.25) is 5.91 Å². The summed E-state index contributed by atoms with van der Waals surface area (Å²) in [5.41, 5.74) is 1.91. The van der Waals surface area contributed by atoms with E-state index in [1.54, 1.807) is 6.20 Å². The van der Waals surface area contributed by atoms with E-state index in [2.05, 4.69) is 17.1 Å². The van der Waals surface area contributed by atoms with Gasteiger partial charge in [0.25, 0.3) is 0 Å². The highest BCUT2D eigenvalue weighted by Crippen LogP contribution is 2.31. The quantitative estimate of drug-likeness (QED) is 0.523. The molecule has 0 aliphatic carbocycles. The molecule has 0 N–H and O–H groups in total. The molecule has 2 aromatic carbocycles. The largest absolute Gasteiger partial charge is 0.329 e. The summed E-state index contributed by atoms with van der Waals surface area (Å²) < 4.78 is 3.77. The van der Waals surface area contributed by atoms with Crippen LogP contribution in [0, 0.1) is 0 Å². The SMILES string of the molecule is C[C@H](Sc1nccn1C)C(=O)n1c2ccccc2c2ccccc21. The second-order valence-electron chi connectivity index (χ2n) is 5.79. The van der Waals surface area contributed by atoms with E-state index >= 15 is 0 Å². The van der Waals surface area contributed by atoms with Crippen LogP contribution in [0.5, 0.6) is 0 Å². The van der Waals surface area contributed by atoms with Gasteiger partial charge in [-0.05, 0) is 19.1 Å². The lowest BCUT2D eigenvalue weighted by atomic mass is 10.2. The third kappa shape index (κ3) is 2.32. The van der Waals surface area contributed by atoms with Gasteiger partial charge in [0.15, 0.2) is 5.16 Å². The Kier molecular flexibility index (Phi) is 3.65. The smallest absolute Gasteiger partial charge is 0.244 e. The van der Waals surface area contributed by atoms with E-state index in [-0.39, 0.29) is 11.2 Å². The number of aryl methyl sites for hydroxylation is 1. The molecule has 120 valence electrons. The van der Waals surface area contributed by atoms with Gasteiger partial charge in [-0.15, -0.1) is 0 Å². The third-order valence-corrected chi connectivity index (χ3v) is 5.37. The van der Waals surface area contributed by atoms with Crippen molar-refractivity contribution < 1.29 is 4.79 Å². The number of imidazole rings is 1. The first-order valence-electron chi connectivity index (χ1n) is 7.83. The van der Waals surface area contributed by atoms with Gasteiger partial charge in [0, 0.05) is 30.2 Å². The van der Waals surface area contributed by atoms with Crippen molar-refractivity contribution in [2.75, 3.05) is 0 Å². The highest BCUT2D eigenvalue weighted by Gasteiger charge is 2.22. The summed E-state index contributed by atoms with van der Waals surface area (Å²) in [4.78, 5) is 17.5. The van der Waals surface area contributed by atoms with E-state index in [0.29, 0.717) is 0 Å². The number of carbonyl (C=O) groups is 1. The second kappa shape index (κ2) is 5.83. The predicted molar refractivity (Wildman–Crippen MR) is 98.6 cm³/mol. The van der Waals surface area contributed by atoms with E-state index < -0.39 is 0 Å². The van der Waals surface area contributed by atoms with E-state index in [0.717, 1.165) is 27.0 Å². The number of hydrogen-bond donors (Lipinski definition) is 0. The average molecular weight is 335 g/mol. The first kappa shape index (κ1) is 15.0. The van der Waals surface area contributed by atoms with Crippen molar-refractivity contribution in [2.45, 2.75) is 17.3 Å². The van der Waals surface area contributed by atoms with Gasteiger partial charge in [0.05, 0.1) is 16.3 Å². The fourth-order valence-electron chi connectivity index (χ4n) is 3.02. The summed E-state index contributed by atoms with van der Waals surface area (Å²) in [5, 5.41) is 2.83. The molecule has 5 heteroatoms. The van der Waals surface area contributed by atoms with Crippen molar-refractivity contribution >= 4 is 39.5 Å². The van der Waals surface area contributed by atoms with Crippen LogP contribution in [-0.4, -0.2) is 25.3 Å². The zero-order valence-corrected chi connectivity index (χ0v) is 14.3. The van der Waals surface area contributed by atoms with Crippen LogP contribution in [0.4, 0.5) is 0 Å². The number of para-hydroxylation sites is 2. The molecule has 0 saturated heterocycles. The van der Waals surface area contributed by atoms with Crippen LogP contribution in [0.2, 0.25) is 0 Å². The maximum Gasteiger partial charge on any atom is 0.244 e. The standard InChI is InChI=1S/C19H17N3OS/c1-13(24-19-20-11-12-21(19)2)18(23)22-16-9-5-3-7-14(16)15-8-4-6-10-17(15)22/h3-13H,1-2H3/t13-/m0/s1. The number of carbonyl (C=O) groups excluding carboxylic acids is 1. The van der Waals surface area contributed by atoms with Gasteiger partial charge < -0.3 is 4.57 Å². The lowest BCUT2D eigenvalue weighted by molar-refractivity contribution is 0.0925. The topological polar surface area (TPSA) is 39.8 Å². The molecule has 0 unspecified atom stereocenters. The second-order valence-corrected chi connectivity index (χ2v) is 7.10. The van der Waals surface area contributed by atoms with Crippen molar-refractivity contribution in [3.8, 4) is 0 Å². The van der Waals surface area contributed by atoms with Crippen LogP contribution in [-0.2, 0) is 7.05 Å². The van der Waals surface area contributed by atoms with Crippen LogP contribution in [0.3, 0.4) is 0 Å². The molecule has 4 nitrogen and oxygen atoms in total. The van der Waals surface area contributed by atoms with Gasteiger partial charge in [-0.25, -0.2) is 4.98 Å². The number of hydrogen-bond acceptors (Lipinski definition) is 3. The van der Waals surface area contributed by atoms with E-state index in [1.165, 1.54) is 11.8 Å². The predicted octanol–water partition coefficient (Wildman–Crippen LogP) is 4.35. The van der Waals surface area contributed by atoms with Crippen molar-refractivity contribution in [1.82, 2.24) is 14.1 Å². The first-order valence-corrected chi connectivity index (χ1v) is 8.71. The summed E-state index contributed by atoms with van der Waals surface area (Å²) in [5.74, 6) is 0.0698. The number of thioether (sulfide) groups is 1. The zero-order valence-electron chi connectivity index (χ0n) is 13.5. The Labute approximate surface area is 144 Å². The first-order chi connectivity index (χ1) is 11.7. The molecule has 24 heavy (non-hydrogen) atoms. The minimum Gasteiger partial charge on any atom is -0.329 e. The Hall–Kier alpha value is -2.53. The van der Waals surface area contributed by atoms with Crippen LogP contribution < -0.4 is 0 Å². The zero-order chi connectivity index (χ0) is 16.7. The number of fused-ring (bicyclic) bond motifs is 3. The average Bonchev–Trinajstić information content (AvgIpc) is 3.15. The van der Waals surface area contributed by atoms with Crippen molar-refractivity contribution in [2.24, 2.45) is 7.05 Å². The highest BCUT2D eigenvalue weighted by atomic mass is 32.2. The normalized spacial score (nSPS) is 12.8. The van der Waals surface area contributed by atoms with Gasteiger partial charge in [-0.2, -0.15) is 0 Å². The molecule has 0 spiro atoms. The Morgan fingerprint density at radius 3 is 2.17 bits per heavy atom. The van der Waals surface area contributed by atoms with Crippen molar-refractivity contribution in [3.05, 3.63) is 60.9 Å². The monoisotopic (exact) mass is 335 g/mol. The minimum absolute atomic E-state index is 0.0698. The van der Waals surface area contributed by atoms with E-state index in [1.807, 2.05) is 65.7 Å². The van der Waals surface area contributed by atoms with Crippen molar-refractivity contribution in [1.29, 1.82) is 0 Å². The number of aromatic nitrogens is 3. The molecular formula is C19H17N3OS. The maximum atomic E-state index is 13.2. The molecule has 0 aliphatic rings. The summed E-state index contributed by atoms with van der Waals surface area (Å²) in [7, 11) is 1.94. The molecule has 2 aromatic heterocycles. The number of benzene rings is 2. The molecule has 0 aliphatic heterocycles. The molecule has 4 aromatic rings. The van der Waals surface area contributed by atoms with E-state index in [4.69, 9.17) is 0 Å². The molecule has 0 saturated carbocycles. The van der Waals surface area contributed by atoms with Crippen molar-refractivity contribution in [3.63, 3.8) is 0 Å². The van der Waals surface area contributed by atoms with Crippen LogP contribution in [0.15, 0.2) is 66.1 Å². The number of nitrogens with zero attached hydrogens (tertiary/aromatic N) is 3. The summed E-state index contributed by atoms with van der Waals surface area (Å²) >= 11 is 1.48. The van der Waals surface area contributed by atoms with Gasteiger partial charge in [-0.1, -0.05) is 48.2 Å². The summed E-state index contributed by atoms with van der Waals surface area (Å²) in [6.45, 7) is 1.94.